The fourth-order valence-corrected chi connectivity index (χ4v) is 8.94. The number of aliphatic hydroxyl groups excluding tert-OH is 2. The number of unbranched alkanes of at least 4 members (excludes halogenated alkanes) is 2. The molecule has 2 heterocycles. The molecule has 0 bridgehead atoms. The summed E-state index contributed by atoms with van der Waals surface area (Å²) in [5.41, 5.74) is 2.52. The summed E-state index contributed by atoms with van der Waals surface area (Å²) in [4.78, 5) is 35.1. The summed E-state index contributed by atoms with van der Waals surface area (Å²) in [6.07, 6.45) is 7.38. The van der Waals surface area contributed by atoms with Gasteiger partial charge in [0.1, 0.15) is 23.1 Å². The summed E-state index contributed by atoms with van der Waals surface area (Å²) in [5.74, 6) is -0.273. The number of oxime groups is 1. The number of nitrogens with zero attached hydrogens (tertiary/aromatic N) is 2. The van der Waals surface area contributed by atoms with Gasteiger partial charge in [-0.3, -0.25) is 4.90 Å². The minimum atomic E-state index is -1.51. The average Bonchev–Trinajstić information content (AvgIpc) is 3.68. The second-order valence-corrected chi connectivity index (χ2v) is 16.4. The summed E-state index contributed by atoms with van der Waals surface area (Å²) in [5, 5.41) is 27.4. The van der Waals surface area contributed by atoms with E-state index >= 15 is 0 Å². The van der Waals surface area contributed by atoms with Gasteiger partial charge in [-0.2, -0.15) is 0 Å². The Kier molecular flexibility index (Phi) is 14.5. The molecule has 6 atom stereocenters. The molecular weight excluding hydrogens is 759 g/mol. The molecule has 2 aromatic rings. The predicted octanol–water partition coefficient (Wildman–Crippen LogP) is 7.61. The number of rotatable bonds is 18. The predicted molar refractivity (Wildman–Crippen MR) is 221 cm³/mol. The zero-order chi connectivity index (χ0) is 42.2. The first-order valence-corrected chi connectivity index (χ1v) is 21.0. The molecule has 0 spiro atoms. The minimum absolute atomic E-state index is 0.0171. The van der Waals surface area contributed by atoms with Crippen molar-refractivity contribution in [2.45, 2.75) is 109 Å². The molecule has 4 aliphatic rings. The van der Waals surface area contributed by atoms with Gasteiger partial charge in [-0.15, -0.1) is 6.58 Å². The molecule has 14 nitrogen and oxygen atoms in total. The Balaban J connectivity index is 1.61. The molecule has 14 heteroatoms. The number of benzene rings is 2. The highest BCUT2D eigenvalue weighted by Gasteiger charge is 2.65. The molecule has 59 heavy (non-hydrogen) atoms. The summed E-state index contributed by atoms with van der Waals surface area (Å²) >= 11 is 0. The Morgan fingerprint density at radius 3 is 2.47 bits per heavy atom. The van der Waals surface area contributed by atoms with Gasteiger partial charge in [0.15, 0.2) is 11.5 Å². The fourth-order valence-electron chi connectivity index (χ4n) is 8.94. The number of hydrogen-bond acceptors (Lipinski definition) is 12. The maximum Gasteiger partial charge on any atom is 0.412 e. The number of nitrogens with one attached hydrogen (secondary N) is 1. The number of aliphatic hydroxyl groups is 2. The molecule has 0 saturated heterocycles. The Labute approximate surface area is 347 Å². The van der Waals surface area contributed by atoms with Crippen LogP contribution in [0.1, 0.15) is 96.6 Å². The lowest BCUT2D eigenvalue weighted by Gasteiger charge is -2.60. The summed E-state index contributed by atoms with van der Waals surface area (Å²) in [6, 6.07) is 10.2. The number of ether oxygens (including phenoxy) is 6. The van der Waals surface area contributed by atoms with E-state index in [1.165, 1.54) is 0 Å². The van der Waals surface area contributed by atoms with Gasteiger partial charge in [-0.1, -0.05) is 36.2 Å². The van der Waals surface area contributed by atoms with Crippen LogP contribution >= 0.6 is 0 Å². The first-order valence-electron chi connectivity index (χ1n) is 21.0. The molecule has 2 aliphatic heterocycles. The normalized spacial score (nSPS) is 24.6. The Bertz CT molecular complexity index is 1860. The third kappa shape index (κ3) is 9.82. The summed E-state index contributed by atoms with van der Waals surface area (Å²) < 4.78 is 37.2. The summed E-state index contributed by atoms with van der Waals surface area (Å²) in [6.45, 7) is 14.4. The van der Waals surface area contributed by atoms with Crippen LogP contribution in [-0.4, -0.2) is 90.2 Å². The second-order valence-electron chi connectivity index (χ2n) is 16.4. The SMILES string of the molecule is C=CCOC12Oc3ccc(OC(=O)NCC)cc3C3C(CCCCO)C(CCCCO)C=C(C(=NOC(C)(C)C)CC1N(Cc1ccc4c(c1)OCO4)C(=O)OCC)C32. The van der Waals surface area contributed by atoms with Gasteiger partial charge in [-0.25, -0.2) is 9.59 Å². The van der Waals surface area contributed by atoms with E-state index in [1.54, 1.807) is 30.0 Å². The van der Waals surface area contributed by atoms with Gasteiger partial charge >= 0.3 is 12.2 Å². The third-order valence-corrected chi connectivity index (χ3v) is 11.3. The standard InChI is InChI=1S/C45H61N3O11/c1-7-22-56-45-39(48(43(52)53-9-3)27-29-16-18-37-38(23-29)55-28-54-37)26-35(47-59-44(4,5)6)33-24-30(14-10-12-20-49)32(15-11-13-21-50)40(41(33)45)34-25-31(17-19-36(34)58-45)57-42(51)46-8-2/h7,16-19,23-25,30,32,39-41,49-50H,1,8-15,20-22,26-28H2,2-6H3,(H,46,51). The smallest absolute Gasteiger partial charge is 0.412 e. The van der Waals surface area contributed by atoms with Crippen LogP contribution in [0.2, 0.25) is 0 Å². The zero-order valence-corrected chi connectivity index (χ0v) is 35.1. The van der Waals surface area contributed by atoms with Crippen LogP contribution in [0.4, 0.5) is 9.59 Å². The highest BCUT2D eigenvalue weighted by molar-refractivity contribution is 6.03. The van der Waals surface area contributed by atoms with Crippen LogP contribution < -0.4 is 24.3 Å². The number of fused-ring (bicyclic) bond motifs is 3. The molecule has 2 aromatic carbocycles. The highest BCUT2D eigenvalue weighted by Crippen LogP contribution is 2.62. The molecule has 0 aromatic heterocycles. The minimum Gasteiger partial charge on any atom is -0.459 e. The molecule has 2 amide bonds. The van der Waals surface area contributed by atoms with E-state index in [9.17, 15) is 19.8 Å². The number of allylic oxidation sites excluding steroid dienone is 1. The van der Waals surface area contributed by atoms with Crippen molar-refractivity contribution in [3.63, 3.8) is 0 Å². The van der Waals surface area contributed by atoms with E-state index in [-0.39, 0.29) is 63.9 Å². The van der Waals surface area contributed by atoms with Crippen LogP contribution in [0.25, 0.3) is 0 Å². The van der Waals surface area contributed by atoms with E-state index in [1.807, 2.05) is 52.0 Å². The van der Waals surface area contributed by atoms with Crippen molar-refractivity contribution in [2.24, 2.45) is 22.9 Å². The topological polar surface area (TPSA) is 167 Å². The van der Waals surface area contributed by atoms with E-state index < -0.39 is 35.5 Å². The molecule has 0 radical (unpaired) electrons. The maximum atomic E-state index is 14.5. The van der Waals surface area contributed by atoms with E-state index in [0.29, 0.717) is 48.1 Å². The monoisotopic (exact) mass is 819 g/mol. The van der Waals surface area contributed by atoms with Crippen molar-refractivity contribution in [2.75, 3.05) is 39.8 Å². The van der Waals surface area contributed by atoms with Gasteiger partial charge < -0.3 is 48.8 Å². The molecule has 1 saturated carbocycles. The third-order valence-electron chi connectivity index (χ3n) is 11.3. The lowest BCUT2D eigenvalue weighted by atomic mass is 9.55. The van der Waals surface area contributed by atoms with Crippen molar-refractivity contribution in [1.82, 2.24) is 10.2 Å². The van der Waals surface area contributed by atoms with Crippen LogP contribution in [0.5, 0.6) is 23.0 Å². The maximum absolute atomic E-state index is 14.5. The number of amides is 2. The second kappa shape index (κ2) is 19.5. The van der Waals surface area contributed by atoms with Crippen LogP contribution in [-0.2, 0) is 20.9 Å². The molecular formula is C45H61N3O11. The number of carbonyl (C=O) groups is 2. The quantitative estimate of drug-likeness (QED) is 0.0770. The van der Waals surface area contributed by atoms with Gasteiger partial charge in [0, 0.05) is 44.2 Å². The van der Waals surface area contributed by atoms with E-state index in [0.717, 1.165) is 42.4 Å². The molecule has 2 aliphatic carbocycles. The molecule has 6 rings (SSSR count). The van der Waals surface area contributed by atoms with Crippen molar-refractivity contribution in [3.05, 3.63) is 71.8 Å². The van der Waals surface area contributed by atoms with E-state index in [4.69, 9.17) is 38.4 Å². The van der Waals surface area contributed by atoms with Gasteiger partial charge in [0.25, 0.3) is 0 Å². The Hall–Kier alpha value is -4.79. The molecule has 6 unspecified atom stereocenters. The average molecular weight is 820 g/mol. The molecule has 1 fully saturated rings. The first kappa shape index (κ1) is 43.8. The van der Waals surface area contributed by atoms with Crippen LogP contribution in [0.15, 0.2) is 65.9 Å². The first-order chi connectivity index (χ1) is 28.5. The fraction of sp³-hybridized carbons (Fsp3) is 0.578. The highest BCUT2D eigenvalue weighted by atomic mass is 16.7. The summed E-state index contributed by atoms with van der Waals surface area (Å²) in [7, 11) is 0. The van der Waals surface area contributed by atoms with Crippen LogP contribution in [0.3, 0.4) is 0 Å². The zero-order valence-electron chi connectivity index (χ0n) is 35.1. The van der Waals surface area contributed by atoms with Gasteiger partial charge in [-0.05, 0) is 114 Å². The largest absolute Gasteiger partial charge is 0.459 e. The lowest BCUT2D eigenvalue weighted by Crippen LogP contribution is -2.70. The Morgan fingerprint density at radius 2 is 1.76 bits per heavy atom. The molecule has 3 N–H and O–H groups in total. The van der Waals surface area contributed by atoms with Gasteiger partial charge in [0.2, 0.25) is 12.6 Å². The number of carbonyl (C=O) groups excluding carboxylic acids is 2. The van der Waals surface area contributed by atoms with E-state index in [2.05, 4.69) is 18.0 Å². The van der Waals surface area contributed by atoms with Crippen molar-refractivity contribution >= 4 is 17.9 Å². The Morgan fingerprint density at radius 1 is 1.02 bits per heavy atom. The lowest BCUT2D eigenvalue weighted by molar-refractivity contribution is -0.256. The van der Waals surface area contributed by atoms with Crippen molar-refractivity contribution in [3.8, 4) is 23.0 Å². The van der Waals surface area contributed by atoms with Crippen LogP contribution in [0, 0.1) is 17.8 Å². The molecule has 322 valence electrons. The number of hydrogen-bond donors (Lipinski definition) is 3. The van der Waals surface area contributed by atoms with Crippen molar-refractivity contribution in [1.29, 1.82) is 0 Å². The van der Waals surface area contributed by atoms with Crippen molar-refractivity contribution < 1.29 is 53.1 Å². The van der Waals surface area contributed by atoms with Gasteiger partial charge in [0.05, 0.1) is 24.8 Å².